The van der Waals surface area contributed by atoms with Gasteiger partial charge in [0.05, 0.1) is 47.8 Å². The number of fused-ring (bicyclic) bond motifs is 1. The molecular formula is C11H12N4O2. The number of anilines is 2. The molecule has 3 rings (SSSR count). The fourth-order valence-corrected chi connectivity index (χ4v) is 2.14. The number of imidazole rings is 1. The number of aliphatic hydroxyl groups excluding tert-OH is 1. The highest BCUT2D eigenvalue weighted by Crippen LogP contribution is 2.30. The van der Waals surface area contributed by atoms with Gasteiger partial charge in [0.2, 0.25) is 5.91 Å². The van der Waals surface area contributed by atoms with Crippen molar-refractivity contribution in [2.24, 2.45) is 0 Å². The van der Waals surface area contributed by atoms with E-state index in [4.69, 9.17) is 5.73 Å². The summed E-state index contributed by atoms with van der Waals surface area (Å²) in [7, 11) is 0. The van der Waals surface area contributed by atoms with E-state index in [9.17, 15) is 9.90 Å². The molecule has 6 nitrogen and oxygen atoms in total. The number of nitrogens with zero attached hydrogens (tertiary/aromatic N) is 2. The monoisotopic (exact) mass is 232 g/mol. The molecule has 1 unspecified atom stereocenters. The van der Waals surface area contributed by atoms with Crippen molar-refractivity contribution in [1.29, 1.82) is 0 Å². The Morgan fingerprint density at radius 2 is 2.35 bits per heavy atom. The zero-order valence-electron chi connectivity index (χ0n) is 9.05. The largest absolute Gasteiger partial charge is 0.397 e. The van der Waals surface area contributed by atoms with Crippen LogP contribution in [0.25, 0.3) is 11.0 Å². The number of aromatic nitrogens is 2. The second kappa shape index (κ2) is 3.46. The van der Waals surface area contributed by atoms with E-state index in [1.807, 2.05) is 0 Å². The lowest BCUT2D eigenvalue weighted by Crippen LogP contribution is -2.26. The van der Waals surface area contributed by atoms with E-state index in [-0.39, 0.29) is 12.3 Å². The number of nitrogens with two attached hydrogens (primary N) is 1. The first-order valence-electron chi connectivity index (χ1n) is 5.36. The van der Waals surface area contributed by atoms with E-state index in [1.165, 1.54) is 4.90 Å². The number of nitrogens with one attached hydrogen (secondary N) is 1. The lowest BCUT2D eigenvalue weighted by molar-refractivity contribution is -0.117. The third kappa shape index (κ3) is 1.53. The van der Waals surface area contributed by atoms with E-state index in [0.717, 1.165) is 11.0 Å². The summed E-state index contributed by atoms with van der Waals surface area (Å²) in [6.07, 6.45) is 1.11. The molecule has 1 fully saturated rings. The Morgan fingerprint density at radius 1 is 1.53 bits per heavy atom. The summed E-state index contributed by atoms with van der Waals surface area (Å²) in [5, 5.41) is 9.47. The van der Waals surface area contributed by atoms with Gasteiger partial charge in [0.25, 0.3) is 0 Å². The van der Waals surface area contributed by atoms with Crippen LogP contribution in [-0.2, 0) is 4.79 Å². The van der Waals surface area contributed by atoms with E-state index in [1.54, 1.807) is 18.5 Å². The number of hydrogen-bond acceptors (Lipinski definition) is 4. The number of aliphatic hydroxyl groups is 1. The highest BCUT2D eigenvalue weighted by atomic mass is 16.3. The number of nitrogen functional groups attached to an aromatic ring is 1. The van der Waals surface area contributed by atoms with Crippen molar-refractivity contribution in [3.05, 3.63) is 18.5 Å². The Kier molecular flexibility index (Phi) is 2.05. The zero-order chi connectivity index (χ0) is 12.0. The third-order valence-electron chi connectivity index (χ3n) is 2.96. The maximum Gasteiger partial charge on any atom is 0.229 e. The topological polar surface area (TPSA) is 95.2 Å². The summed E-state index contributed by atoms with van der Waals surface area (Å²) in [5.41, 5.74) is 8.62. The number of H-pyrrole nitrogens is 1. The van der Waals surface area contributed by atoms with Crippen LogP contribution in [0.1, 0.15) is 6.42 Å². The molecule has 88 valence electrons. The quantitative estimate of drug-likeness (QED) is 0.614. The molecule has 1 aliphatic heterocycles. The van der Waals surface area contributed by atoms with Crippen molar-refractivity contribution in [3.63, 3.8) is 0 Å². The van der Waals surface area contributed by atoms with Gasteiger partial charge in [-0.3, -0.25) is 4.79 Å². The molecule has 1 aliphatic rings. The minimum Gasteiger partial charge on any atom is -0.397 e. The number of rotatable bonds is 1. The molecule has 0 saturated carbocycles. The summed E-state index contributed by atoms with van der Waals surface area (Å²) >= 11 is 0. The first kappa shape index (κ1) is 10.1. The minimum atomic E-state index is -0.614. The molecule has 0 bridgehead atoms. The predicted octanol–water partition coefficient (Wildman–Crippen LogP) is 0.243. The van der Waals surface area contributed by atoms with Crippen LogP contribution in [0, 0.1) is 0 Å². The molecule has 17 heavy (non-hydrogen) atoms. The van der Waals surface area contributed by atoms with Crippen LogP contribution in [0.5, 0.6) is 0 Å². The van der Waals surface area contributed by atoms with E-state index < -0.39 is 6.10 Å². The second-order valence-corrected chi connectivity index (χ2v) is 4.19. The van der Waals surface area contributed by atoms with E-state index >= 15 is 0 Å². The van der Waals surface area contributed by atoms with Crippen molar-refractivity contribution >= 4 is 28.3 Å². The van der Waals surface area contributed by atoms with Crippen LogP contribution in [0.4, 0.5) is 11.4 Å². The van der Waals surface area contributed by atoms with E-state index in [0.29, 0.717) is 17.9 Å². The Balaban J connectivity index is 2.10. The molecule has 0 aliphatic carbocycles. The maximum absolute atomic E-state index is 11.7. The Bertz CT molecular complexity index is 592. The SMILES string of the molecule is Nc1cc2[nH]cnc2cc1N1CC(O)CC1=O. The number of amides is 1. The van der Waals surface area contributed by atoms with Gasteiger partial charge in [0, 0.05) is 0 Å². The smallest absolute Gasteiger partial charge is 0.229 e. The molecule has 1 saturated heterocycles. The van der Waals surface area contributed by atoms with Crippen molar-refractivity contribution in [1.82, 2.24) is 9.97 Å². The Morgan fingerprint density at radius 3 is 3.06 bits per heavy atom. The molecule has 0 radical (unpaired) electrons. The molecule has 1 aromatic carbocycles. The van der Waals surface area contributed by atoms with Crippen molar-refractivity contribution in [3.8, 4) is 0 Å². The zero-order valence-corrected chi connectivity index (χ0v) is 9.05. The Hall–Kier alpha value is -2.08. The van der Waals surface area contributed by atoms with Crippen LogP contribution in [0.15, 0.2) is 18.5 Å². The van der Waals surface area contributed by atoms with E-state index in [2.05, 4.69) is 9.97 Å². The maximum atomic E-state index is 11.7. The summed E-state index contributed by atoms with van der Waals surface area (Å²) in [6.45, 7) is 0.291. The number of hydrogen-bond donors (Lipinski definition) is 3. The average Bonchev–Trinajstić information content (AvgIpc) is 2.83. The number of benzene rings is 1. The van der Waals surface area contributed by atoms with Gasteiger partial charge in [-0.15, -0.1) is 0 Å². The first-order chi connectivity index (χ1) is 8.15. The number of aromatic amines is 1. The normalized spacial score (nSPS) is 20.4. The molecule has 0 spiro atoms. The van der Waals surface area contributed by atoms with Crippen LogP contribution in [0.3, 0.4) is 0 Å². The fourth-order valence-electron chi connectivity index (χ4n) is 2.14. The number of carbonyl (C=O) groups is 1. The van der Waals surface area contributed by atoms with Crippen molar-refractivity contribution in [2.75, 3.05) is 17.2 Å². The molecule has 2 heterocycles. The lowest BCUT2D eigenvalue weighted by Gasteiger charge is -2.17. The van der Waals surface area contributed by atoms with Crippen LogP contribution < -0.4 is 10.6 Å². The van der Waals surface area contributed by atoms with Gasteiger partial charge in [-0.1, -0.05) is 0 Å². The summed E-state index contributed by atoms with van der Waals surface area (Å²) < 4.78 is 0. The first-order valence-corrected chi connectivity index (χ1v) is 5.36. The van der Waals surface area contributed by atoms with Gasteiger partial charge < -0.3 is 20.7 Å². The highest BCUT2D eigenvalue weighted by Gasteiger charge is 2.30. The Labute approximate surface area is 97.1 Å². The standard InChI is InChI=1S/C11H12N4O2/c12-7-2-8-9(14-5-13-8)3-10(7)15-4-6(16)1-11(15)17/h2-3,5-6,16H,1,4,12H2,(H,13,14). The van der Waals surface area contributed by atoms with Gasteiger partial charge in [0.1, 0.15) is 0 Å². The summed E-state index contributed by atoms with van der Waals surface area (Å²) in [6, 6.07) is 3.51. The van der Waals surface area contributed by atoms with Gasteiger partial charge >= 0.3 is 0 Å². The highest BCUT2D eigenvalue weighted by molar-refractivity contribution is 6.01. The molecule has 2 aromatic rings. The molecule has 1 aromatic heterocycles. The van der Waals surface area contributed by atoms with Gasteiger partial charge in [0.15, 0.2) is 0 Å². The predicted molar refractivity (Wildman–Crippen MR) is 63.5 cm³/mol. The molecule has 4 N–H and O–H groups in total. The van der Waals surface area contributed by atoms with Gasteiger partial charge in [-0.05, 0) is 12.1 Å². The van der Waals surface area contributed by atoms with Crippen LogP contribution >= 0.6 is 0 Å². The van der Waals surface area contributed by atoms with Crippen LogP contribution in [0.2, 0.25) is 0 Å². The van der Waals surface area contributed by atoms with Gasteiger partial charge in [-0.2, -0.15) is 0 Å². The number of β-amino-alcohol motifs (C(OH)–C–C–N with tert-alkyl or cyclic N) is 1. The number of carbonyl (C=O) groups excluding carboxylic acids is 1. The van der Waals surface area contributed by atoms with Crippen molar-refractivity contribution < 1.29 is 9.90 Å². The molecule has 1 amide bonds. The van der Waals surface area contributed by atoms with Crippen LogP contribution in [-0.4, -0.2) is 33.6 Å². The van der Waals surface area contributed by atoms with Crippen molar-refractivity contribution in [2.45, 2.75) is 12.5 Å². The summed E-state index contributed by atoms with van der Waals surface area (Å²) in [4.78, 5) is 20.3. The average molecular weight is 232 g/mol. The third-order valence-corrected chi connectivity index (χ3v) is 2.96. The molecular weight excluding hydrogens is 220 g/mol. The molecule has 1 atom stereocenters. The molecule has 6 heteroatoms. The fraction of sp³-hybridized carbons (Fsp3) is 0.273. The summed E-state index contributed by atoms with van der Waals surface area (Å²) in [5.74, 6) is -0.112. The second-order valence-electron chi connectivity index (χ2n) is 4.19. The lowest BCUT2D eigenvalue weighted by atomic mass is 10.2. The van der Waals surface area contributed by atoms with Gasteiger partial charge in [-0.25, -0.2) is 4.98 Å². The minimum absolute atomic E-state index is 0.112.